The zero-order chi connectivity index (χ0) is 17.9. The summed E-state index contributed by atoms with van der Waals surface area (Å²) in [7, 11) is 1.33. The Morgan fingerprint density at radius 1 is 1.21 bits per heavy atom. The Kier molecular flexibility index (Phi) is 5.29. The van der Waals surface area contributed by atoms with E-state index in [0.717, 1.165) is 5.69 Å². The Balaban J connectivity index is 2.32. The van der Waals surface area contributed by atoms with Crippen molar-refractivity contribution in [2.75, 3.05) is 17.7 Å². The van der Waals surface area contributed by atoms with Gasteiger partial charge in [-0.3, -0.25) is 0 Å². The number of nitrogens with zero attached hydrogens (tertiary/aromatic N) is 2. The lowest BCUT2D eigenvalue weighted by Crippen LogP contribution is -2.27. The topological polar surface area (TPSA) is 76.1 Å². The second-order valence-electron chi connectivity index (χ2n) is 6.40. The van der Waals surface area contributed by atoms with Crippen LogP contribution in [0.25, 0.3) is 0 Å². The number of aromatic nitrogens is 2. The predicted molar refractivity (Wildman–Crippen MR) is 96.2 cm³/mol. The average molecular weight is 349 g/mol. The van der Waals surface area contributed by atoms with Crippen molar-refractivity contribution in [1.82, 2.24) is 9.97 Å². The van der Waals surface area contributed by atoms with E-state index in [-0.39, 0.29) is 5.54 Å². The van der Waals surface area contributed by atoms with Gasteiger partial charge in [-0.15, -0.1) is 0 Å². The third-order valence-corrected chi connectivity index (χ3v) is 3.32. The van der Waals surface area contributed by atoms with Crippen LogP contribution in [-0.2, 0) is 4.74 Å². The first-order valence-corrected chi connectivity index (χ1v) is 7.84. The first-order chi connectivity index (χ1) is 11.2. The predicted octanol–water partition coefficient (Wildman–Crippen LogP) is 4.18. The SMILES string of the molecule is COC(=O)c1ccc(Cl)c(Nc2nc(C)cc(NC(C)(C)C)n2)c1. The van der Waals surface area contributed by atoms with Crippen LogP contribution in [0, 0.1) is 6.92 Å². The van der Waals surface area contributed by atoms with E-state index >= 15 is 0 Å². The molecule has 1 heterocycles. The summed E-state index contributed by atoms with van der Waals surface area (Å²) in [4.78, 5) is 20.5. The highest BCUT2D eigenvalue weighted by atomic mass is 35.5. The van der Waals surface area contributed by atoms with Gasteiger partial charge in [0.05, 0.1) is 23.4 Å². The fourth-order valence-corrected chi connectivity index (χ4v) is 2.22. The van der Waals surface area contributed by atoms with E-state index in [9.17, 15) is 4.79 Å². The van der Waals surface area contributed by atoms with Gasteiger partial charge >= 0.3 is 5.97 Å². The van der Waals surface area contributed by atoms with Crippen molar-refractivity contribution in [3.8, 4) is 0 Å². The summed E-state index contributed by atoms with van der Waals surface area (Å²) in [6.45, 7) is 8.03. The second-order valence-corrected chi connectivity index (χ2v) is 6.81. The van der Waals surface area contributed by atoms with Gasteiger partial charge in [0, 0.05) is 17.3 Å². The van der Waals surface area contributed by atoms with Crippen molar-refractivity contribution in [2.24, 2.45) is 0 Å². The lowest BCUT2D eigenvalue weighted by molar-refractivity contribution is 0.0601. The van der Waals surface area contributed by atoms with Crippen molar-refractivity contribution in [1.29, 1.82) is 0 Å². The molecule has 6 nitrogen and oxygen atoms in total. The number of carbonyl (C=O) groups is 1. The van der Waals surface area contributed by atoms with E-state index in [1.165, 1.54) is 7.11 Å². The first kappa shape index (κ1) is 18.0. The number of anilines is 3. The third kappa shape index (κ3) is 4.83. The summed E-state index contributed by atoms with van der Waals surface area (Å²) in [6.07, 6.45) is 0. The molecule has 0 unspecified atom stereocenters. The quantitative estimate of drug-likeness (QED) is 0.807. The molecule has 0 aliphatic rings. The molecule has 0 spiro atoms. The van der Waals surface area contributed by atoms with Gasteiger partial charge in [-0.2, -0.15) is 4.98 Å². The van der Waals surface area contributed by atoms with Crippen molar-refractivity contribution >= 4 is 35.0 Å². The number of ether oxygens (including phenoxy) is 1. The Morgan fingerprint density at radius 2 is 1.92 bits per heavy atom. The number of halogens is 1. The standard InChI is InChI=1S/C17H21ClN4O2/c1-10-8-14(22-17(2,3)4)21-16(19-10)20-13-9-11(15(23)24-5)6-7-12(13)18/h6-9H,1-5H3,(H2,19,20,21,22). The molecule has 1 aromatic heterocycles. The number of esters is 1. The Bertz CT molecular complexity index is 757. The lowest BCUT2D eigenvalue weighted by Gasteiger charge is -2.21. The van der Waals surface area contributed by atoms with Crippen LogP contribution in [0.5, 0.6) is 0 Å². The Morgan fingerprint density at radius 3 is 2.54 bits per heavy atom. The molecule has 2 rings (SSSR count). The summed E-state index contributed by atoms with van der Waals surface area (Å²) in [5.74, 6) is 0.665. The number of aryl methyl sites for hydroxylation is 1. The fourth-order valence-electron chi connectivity index (χ4n) is 2.06. The minimum Gasteiger partial charge on any atom is -0.465 e. The molecular weight excluding hydrogens is 328 g/mol. The number of methoxy groups -OCH3 is 1. The Labute approximate surface area is 146 Å². The molecule has 24 heavy (non-hydrogen) atoms. The number of rotatable bonds is 4. The molecule has 0 amide bonds. The van der Waals surface area contributed by atoms with Crippen LogP contribution < -0.4 is 10.6 Å². The number of benzene rings is 1. The number of hydrogen-bond acceptors (Lipinski definition) is 6. The molecule has 0 radical (unpaired) electrons. The largest absolute Gasteiger partial charge is 0.465 e. The molecule has 7 heteroatoms. The van der Waals surface area contributed by atoms with Crippen LogP contribution in [-0.4, -0.2) is 28.6 Å². The molecule has 0 saturated carbocycles. The molecule has 128 valence electrons. The number of hydrogen-bond donors (Lipinski definition) is 2. The third-order valence-electron chi connectivity index (χ3n) is 2.99. The smallest absolute Gasteiger partial charge is 0.337 e. The van der Waals surface area contributed by atoms with Crippen LogP contribution in [0.2, 0.25) is 5.02 Å². The van der Waals surface area contributed by atoms with Gasteiger partial charge in [0.2, 0.25) is 5.95 Å². The van der Waals surface area contributed by atoms with Gasteiger partial charge in [-0.1, -0.05) is 11.6 Å². The summed E-state index contributed by atoms with van der Waals surface area (Å²) < 4.78 is 4.72. The van der Waals surface area contributed by atoms with Gasteiger partial charge in [0.15, 0.2) is 0 Å². The van der Waals surface area contributed by atoms with Gasteiger partial charge in [-0.05, 0) is 45.9 Å². The zero-order valence-electron chi connectivity index (χ0n) is 14.4. The molecule has 0 saturated heterocycles. The highest BCUT2D eigenvalue weighted by Gasteiger charge is 2.13. The van der Waals surface area contributed by atoms with Crippen LogP contribution in [0.4, 0.5) is 17.5 Å². The minimum absolute atomic E-state index is 0.124. The monoisotopic (exact) mass is 348 g/mol. The first-order valence-electron chi connectivity index (χ1n) is 7.47. The van der Waals surface area contributed by atoms with Crippen LogP contribution in [0.15, 0.2) is 24.3 Å². The highest BCUT2D eigenvalue weighted by Crippen LogP contribution is 2.26. The van der Waals surface area contributed by atoms with Crippen molar-refractivity contribution in [3.05, 3.63) is 40.5 Å². The number of carbonyl (C=O) groups excluding carboxylic acids is 1. The zero-order valence-corrected chi connectivity index (χ0v) is 15.2. The maximum absolute atomic E-state index is 11.7. The maximum Gasteiger partial charge on any atom is 0.337 e. The fraction of sp³-hybridized carbons (Fsp3) is 0.353. The summed E-state index contributed by atoms with van der Waals surface area (Å²) in [6, 6.07) is 6.70. The van der Waals surface area contributed by atoms with E-state index in [0.29, 0.717) is 28.0 Å². The van der Waals surface area contributed by atoms with Gasteiger partial charge < -0.3 is 15.4 Å². The minimum atomic E-state index is -0.435. The molecule has 0 bridgehead atoms. The number of nitrogens with one attached hydrogen (secondary N) is 2. The van der Waals surface area contributed by atoms with E-state index in [4.69, 9.17) is 16.3 Å². The van der Waals surface area contributed by atoms with Gasteiger partial charge in [0.1, 0.15) is 5.82 Å². The maximum atomic E-state index is 11.7. The van der Waals surface area contributed by atoms with Crippen molar-refractivity contribution in [3.63, 3.8) is 0 Å². The normalized spacial score (nSPS) is 11.1. The second kappa shape index (κ2) is 7.05. The van der Waals surface area contributed by atoms with E-state index < -0.39 is 5.97 Å². The van der Waals surface area contributed by atoms with E-state index in [1.807, 2.05) is 33.8 Å². The molecule has 0 atom stereocenters. The van der Waals surface area contributed by atoms with E-state index in [2.05, 4.69) is 20.6 Å². The Hall–Kier alpha value is -2.34. The molecule has 2 N–H and O–H groups in total. The van der Waals surface area contributed by atoms with E-state index in [1.54, 1.807) is 18.2 Å². The molecule has 0 fully saturated rings. The van der Waals surface area contributed by atoms with Crippen LogP contribution >= 0.6 is 11.6 Å². The molecule has 2 aromatic rings. The van der Waals surface area contributed by atoms with Crippen molar-refractivity contribution < 1.29 is 9.53 Å². The van der Waals surface area contributed by atoms with Crippen LogP contribution in [0.1, 0.15) is 36.8 Å². The van der Waals surface area contributed by atoms with Gasteiger partial charge in [-0.25, -0.2) is 9.78 Å². The van der Waals surface area contributed by atoms with Gasteiger partial charge in [0.25, 0.3) is 0 Å². The molecule has 1 aromatic carbocycles. The average Bonchev–Trinajstić information content (AvgIpc) is 2.46. The summed E-state index contributed by atoms with van der Waals surface area (Å²) in [5.41, 5.74) is 1.61. The molecule has 0 aliphatic carbocycles. The lowest BCUT2D eigenvalue weighted by atomic mass is 10.1. The molecular formula is C17H21ClN4O2. The molecule has 0 aliphatic heterocycles. The summed E-state index contributed by atoms with van der Waals surface area (Å²) >= 11 is 6.19. The summed E-state index contributed by atoms with van der Waals surface area (Å²) in [5, 5.41) is 6.82. The highest BCUT2D eigenvalue weighted by molar-refractivity contribution is 6.33. The van der Waals surface area contributed by atoms with Crippen LogP contribution in [0.3, 0.4) is 0 Å². The van der Waals surface area contributed by atoms with Crippen molar-refractivity contribution in [2.45, 2.75) is 33.2 Å².